The van der Waals surface area contributed by atoms with E-state index < -0.39 is 0 Å². The van der Waals surface area contributed by atoms with E-state index in [0.717, 1.165) is 31.4 Å². The molecule has 0 radical (unpaired) electrons. The fourth-order valence-electron chi connectivity index (χ4n) is 2.29. The first-order chi connectivity index (χ1) is 8.24. The van der Waals surface area contributed by atoms with Crippen molar-refractivity contribution >= 4 is 11.7 Å². The highest BCUT2D eigenvalue weighted by atomic mass is 16.3. The molecule has 1 amide bonds. The molecule has 1 aliphatic heterocycles. The van der Waals surface area contributed by atoms with Crippen molar-refractivity contribution in [1.82, 2.24) is 4.98 Å². The minimum Gasteiger partial charge on any atom is -0.392 e. The summed E-state index contributed by atoms with van der Waals surface area (Å²) < 4.78 is 0. The number of aromatic nitrogens is 1. The molecule has 1 fully saturated rings. The molecule has 92 valence electrons. The summed E-state index contributed by atoms with van der Waals surface area (Å²) in [5.74, 6) is 0.359. The van der Waals surface area contributed by atoms with Gasteiger partial charge in [-0.15, -0.1) is 0 Å². The maximum atomic E-state index is 11.4. The SMILES string of the molecule is NC(=O)C1CCCCN1c1ncccc1CO. The van der Waals surface area contributed by atoms with Gasteiger partial charge in [0.15, 0.2) is 0 Å². The average Bonchev–Trinajstić information content (AvgIpc) is 2.38. The van der Waals surface area contributed by atoms with Crippen LogP contribution in [0.5, 0.6) is 0 Å². The monoisotopic (exact) mass is 235 g/mol. The fraction of sp³-hybridized carbons (Fsp3) is 0.500. The van der Waals surface area contributed by atoms with E-state index in [1.165, 1.54) is 0 Å². The smallest absolute Gasteiger partial charge is 0.240 e. The Morgan fingerprint density at radius 1 is 1.59 bits per heavy atom. The molecule has 2 heterocycles. The van der Waals surface area contributed by atoms with Crippen LogP contribution in [-0.4, -0.2) is 28.6 Å². The van der Waals surface area contributed by atoms with E-state index in [-0.39, 0.29) is 18.6 Å². The number of rotatable bonds is 3. The topological polar surface area (TPSA) is 79.5 Å². The molecule has 0 saturated carbocycles. The Morgan fingerprint density at radius 3 is 3.12 bits per heavy atom. The molecule has 0 bridgehead atoms. The third-order valence-corrected chi connectivity index (χ3v) is 3.14. The van der Waals surface area contributed by atoms with Crippen LogP contribution in [0, 0.1) is 0 Å². The molecule has 5 nitrogen and oxygen atoms in total. The number of carbonyl (C=O) groups excluding carboxylic acids is 1. The number of amides is 1. The van der Waals surface area contributed by atoms with Crippen molar-refractivity contribution in [3.8, 4) is 0 Å². The predicted octanol–water partition coefficient (Wildman–Crippen LogP) is 0.418. The number of carbonyl (C=O) groups is 1. The van der Waals surface area contributed by atoms with Crippen molar-refractivity contribution in [3.05, 3.63) is 23.9 Å². The van der Waals surface area contributed by atoms with Crippen LogP contribution in [-0.2, 0) is 11.4 Å². The summed E-state index contributed by atoms with van der Waals surface area (Å²) >= 11 is 0. The second kappa shape index (κ2) is 5.14. The second-order valence-electron chi connectivity index (χ2n) is 4.25. The lowest BCUT2D eigenvalue weighted by Gasteiger charge is -2.35. The van der Waals surface area contributed by atoms with Crippen LogP contribution in [0.2, 0.25) is 0 Å². The van der Waals surface area contributed by atoms with Gasteiger partial charge in [0.1, 0.15) is 11.9 Å². The second-order valence-corrected chi connectivity index (χ2v) is 4.25. The molecule has 0 aliphatic carbocycles. The molecule has 17 heavy (non-hydrogen) atoms. The molecule has 1 aromatic rings. The van der Waals surface area contributed by atoms with Crippen LogP contribution >= 0.6 is 0 Å². The van der Waals surface area contributed by atoms with Crippen molar-refractivity contribution < 1.29 is 9.90 Å². The highest BCUT2D eigenvalue weighted by Crippen LogP contribution is 2.25. The predicted molar refractivity (Wildman–Crippen MR) is 64.3 cm³/mol. The number of primary amides is 1. The van der Waals surface area contributed by atoms with Gasteiger partial charge in [-0.25, -0.2) is 4.98 Å². The zero-order chi connectivity index (χ0) is 12.3. The number of pyridine rings is 1. The molecule has 1 aliphatic rings. The van der Waals surface area contributed by atoms with Gasteiger partial charge in [0.05, 0.1) is 6.61 Å². The van der Waals surface area contributed by atoms with E-state index in [4.69, 9.17) is 5.73 Å². The lowest BCUT2D eigenvalue weighted by atomic mass is 10.0. The summed E-state index contributed by atoms with van der Waals surface area (Å²) in [6.07, 6.45) is 4.45. The molecule has 0 aromatic carbocycles. The molecule has 2 rings (SSSR count). The summed E-state index contributed by atoms with van der Waals surface area (Å²) in [6, 6.07) is 3.29. The largest absolute Gasteiger partial charge is 0.392 e. The Hall–Kier alpha value is -1.62. The first-order valence-electron chi connectivity index (χ1n) is 5.84. The van der Waals surface area contributed by atoms with E-state index in [9.17, 15) is 9.90 Å². The van der Waals surface area contributed by atoms with Crippen molar-refractivity contribution in [2.75, 3.05) is 11.4 Å². The minimum absolute atomic E-state index is 0.0782. The molecule has 0 spiro atoms. The number of piperidine rings is 1. The highest BCUT2D eigenvalue weighted by molar-refractivity contribution is 5.83. The minimum atomic E-state index is -0.320. The van der Waals surface area contributed by atoms with Gasteiger partial charge in [-0.05, 0) is 25.3 Å². The number of nitrogens with zero attached hydrogens (tertiary/aromatic N) is 2. The van der Waals surface area contributed by atoms with Gasteiger partial charge >= 0.3 is 0 Å². The maximum absolute atomic E-state index is 11.4. The van der Waals surface area contributed by atoms with Gasteiger partial charge in [-0.1, -0.05) is 6.07 Å². The first-order valence-corrected chi connectivity index (χ1v) is 5.84. The number of hydrogen-bond acceptors (Lipinski definition) is 4. The number of aliphatic hydroxyl groups is 1. The van der Waals surface area contributed by atoms with Gasteiger partial charge in [0.2, 0.25) is 5.91 Å². The summed E-state index contributed by atoms with van der Waals surface area (Å²) in [7, 11) is 0. The normalized spacial score (nSPS) is 20.3. The van der Waals surface area contributed by atoms with Crippen molar-refractivity contribution in [2.45, 2.75) is 31.9 Å². The van der Waals surface area contributed by atoms with E-state index in [2.05, 4.69) is 4.98 Å². The Kier molecular flexibility index (Phi) is 3.58. The van der Waals surface area contributed by atoms with Crippen LogP contribution in [0.3, 0.4) is 0 Å². The lowest BCUT2D eigenvalue weighted by Crippen LogP contribution is -2.48. The van der Waals surface area contributed by atoms with Crippen LogP contribution in [0.15, 0.2) is 18.3 Å². The molecule has 3 N–H and O–H groups in total. The molecule has 1 aromatic heterocycles. The Morgan fingerprint density at radius 2 is 2.41 bits per heavy atom. The molecular formula is C12H17N3O2. The fourth-order valence-corrected chi connectivity index (χ4v) is 2.29. The maximum Gasteiger partial charge on any atom is 0.240 e. The van der Waals surface area contributed by atoms with Gasteiger partial charge in [-0.3, -0.25) is 4.79 Å². The Bertz CT molecular complexity index is 408. The number of aliphatic hydroxyl groups excluding tert-OH is 1. The molecule has 1 saturated heterocycles. The Labute approximate surface area is 100 Å². The lowest BCUT2D eigenvalue weighted by molar-refractivity contribution is -0.119. The van der Waals surface area contributed by atoms with Gasteiger partial charge < -0.3 is 15.7 Å². The molecule has 5 heteroatoms. The van der Waals surface area contributed by atoms with E-state index in [1.807, 2.05) is 11.0 Å². The quantitative estimate of drug-likeness (QED) is 0.795. The molecule has 1 unspecified atom stereocenters. The zero-order valence-electron chi connectivity index (χ0n) is 9.67. The van der Waals surface area contributed by atoms with Crippen LogP contribution in [0.25, 0.3) is 0 Å². The number of nitrogens with two attached hydrogens (primary N) is 1. The van der Waals surface area contributed by atoms with Gasteiger partial charge in [0.25, 0.3) is 0 Å². The van der Waals surface area contributed by atoms with Gasteiger partial charge in [0, 0.05) is 18.3 Å². The van der Waals surface area contributed by atoms with E-state index in [0.29, 0.717) is 5.82 Å². The molecular weight excluding hydrogens is 218 g/mol. The van der Waals surface area contributed by atoms with Crippen LogP contribution in [0.4, 0.5) is 5.82 Å². The van der Waals surface area contributed by atoms with E-state index >= 15 is 0 Å². The number of anilines is 1. The summed E-state index contributed by atoms with van der Waals surface area (Å²) in [5.41, 5.74) is 6.15. The van der Waals surface area contributed by atoms with E-state index in [1.54, 1.807) is 12.3 Å². The number of hydrogen-bond donors (Lipinski definition) is 2. The third kappa shape index (κ3) is 2.39. The summed E-state index contributed by atoms with van der Waals surface area (Å²) in [4.78, 5) is 17.6. The standard InChI is InChI=1S/C12H17N3O2/c13-11(17)10-5-1-2-7-15(10)12-9(8-16)4-3-6-14-12/h3-4,6,10,16H,1-2,5,7-8H2,(H2,13,17). The molecule has 1 atom stereocenters. The summed E-state index contributed by atoms with van der Waals surface area (Å²) in [5, 5.41) is 9.29. The Balaban J connectivity index is 2.32. The van der Waals surface area contributed by atoms with Crippen LogP contribution < -0.4 is 10.6 Å². The van der Waals surface area contributed by atoms with Crippen LogP contribution in [0.1, 0.15) is 24.8 Å². The van der Waals surface area contributed by atoms with Gasteiger partial charge in [-0.2, -0.15) is 0 Å². The zero-order valence-corrected chi connectivity index (χ0v) is 9.67. The first kappa shape index (κ1) is 11.9. The van der Waals surface area contributed by atoms with Crippen molar-refractivity contribution in [2.24, 2.45) is 5.73 Å². The highest BCUT2D eigenvalue weighted by Gasteiger charge is 2.28. The van der Waals surface area contributed by atoms with Crippen molar-refractivity contribution in [3.63, 3.8) is 0 Å². The third-order valence-electron chi connectivity index (χ3n) is 3.14. The summed E-state index contributed by atoms with van der Waals surface area (Å²) in [6.45, 7) is 0.683. The average molecular weight is 235 g/mol. The van der Waals surface area contributed by atoms with Crippen molar-refractivity contribution in [1.29, 1.82) is 0 Å².